The number of hydrogen-bond acceptors (Lipinski definition) is 4. The van der Waals surface area contributed by atoms with E-state index in [0.717, 1.165) is 31.2 Å². The van der Waals surface area contributed by atoms with Crippen LogP contribution < -0.4 is 5.32 Å². The van der Waals surface area contributed by atoms with Crippen molar-refractivity contribution in [2.24, 2.45) is 5.92 Å². The largest absolute Gasteiger partial charge is 0.380 e. The van der Waals surface area contributed by atoms with E-state index >= 15 is 0 Å². The second-order valence-corrected chi connectivity index (χ2v) is 5.89. The lowest BCUT2D eigenvalue weighted by Gasteiger charge is -2.31. The normalized spacial score (nSPS) is 17.4. The summed E-state index contributed by atoms with van der Waals surface area (Å²) >= 11 is 0. The Hall–Kier alpha value is -1.41. The molecule has 1 N–H and O–H groups in total. The minimum atomic E-state index is -0.674. The highest BCUT2D eigenvalue weighted by Crippen LogP contribution is 2.28. The fourth-order valence-electron chi connectivity index (χ4n) is 2.43. The van der Waals surface area contributed by atoms with Crippen molar-refractivity contribution in [2.75, 3.05) is 40.4 Å². The Labute approximate surface area is 127 Å². The van der Waals surface area contributed by atoms with E-state index in [1.54, 1.807) is 0 Å². The maximum absolute atomic E-state index is 9.66. The Morgan fingerprint density at radius 2 is 2.10 bits per heavy atom. The molecule has 0 bridgehead atoms. The fourth-order valence-corrected chi connectivity index (χ4v) is 2.43. The van der Waals surface area contributed by atoms with Gasteiger partial charge < -0.3 is 9.64 Å². The lowest BCUT2D eigenvalue weighted by atomic mass is 9.91. The molecule has 0 aromatic heterocycles. The van der Waals surface area contributed by atoms with Gasteiger partial charge in [-0.3, -0.25) is 5.32 Å². The molecular weight excluding hydrogens is 262 g/mol. The van der Waals surface area contributed by atoms with Gasteiger partial charge in [0.2, 0.25) is 0 Å². The van der Waals surface area contributed by atoms with Crippen LogP contribution in [0.15, 0.2) is 30.3 Å². The molecular formula is C17H25N3O. The van der Waals surface area contributed by atoms with E-state index in [0.29, 0.717) is 6.54 Å². The van der Waals surface area contributed by atoms with Gasteiger partial charge in [0.1, 0.15) is 5.54 Å². The highest BCUT2D eigenvalue weighted by atomic mass is 16.5. The van der Waals surface area contributed by atoms with Gasteiger partial charge in [-0.25, -0.2) is 0 Å². The number of hydrogen-bond donors (Lipinski definition) is 1. The number of nitrogens with one attached hydrogen (secondary N) is 1. The zero-order chi connectivity index (χ0) is 15.1. The van der Waals surface area contributed by atoms with Gasteiger partial charge in [-0.05, 0) is 38.4 Å². The molecule has 0 heterocycles. The molecule has 4 heteroatoms. The van der Waals surface area contributed by atoms with Crippen molar-refractivity contribution in [3.05, 3.63) is 35.9 Å². The molecule has 1 aliphatic rings. The summed E-state index contributed by atoms with van der Waals surface area (Å²) in [6.45, 7) is 3.09. The molecule has 1 saturated carbocycles. The van der Waals surface area contributed by atoms with Crippen molar-refractivity contribution in [1.29, 1.82) is 5.26 Å². The lowest BCUT2D eigenvalue weighted by molar-refractivity contribution is 0.0978. The van der Waals surface area contributed by atoms with Crippen LogP contribution in [0.4, 0.5) is 0 Å². The van der Waals surface area contributed by atoms with Crippen LogP contribution in [0, 0.1) is 17.2 Å². The highest BCUT2D eigenvalue weighted by Gasteiger charge is 2.31. The van der Waals surface area contributed by atoms with Crippen molar-refractivity contribution in [3.63, 3.8) is 0 Å². The summed E-state index contributed by atoms with van der Waals surface area (Å²) in [5, 5.41) is 12.8. The van der Waals surface area contributed by atoms with Gasteiger partial charge in [0, 0.05) is 19.7 Å². The third-order valence-corrected chi connectivity index (χ3v) is 4.06. The Bertz CT molecular complexity index is 467. The van der Waals surface area contributed by atoms with Crippen LogP contribution in [-0.2, 0) is 10.3 Å². The summed E-state index contributed by atoms with van der Waals surface area (Å²) in [6, 6.07) is 12.3. The zero-order valence-corrected chi connectivity index (χ0v) is 13.0. The summed E-state index contributed by atoms with van der Waals surface area (Å²) in [4.78, 5) is 2.15. The SMILES string of the molecule is CNC(C#N)(CN(C)CCOCC1CC1)c1ccccc1. The number of ether oxygens (including phenoxy) is 1. The third kappa shape index (κ3) is 4.53. The van der Waals surface area contributed by atoms with Crippen molar-refractivity contribution < 1.29 is 4.74 Å². The summed E-state index contributed by atoms with van der Waals surface area (Å²) < 4.78 is 5.67. The maximum atomic E-state index is 9.66. The molecule has 1 atom stereocenters. The van der Waals surface area contributed by atoms with Gasteiger partial charge >= 0.3 is 0 Å². The van der Waals surface area contributed by atoms with E-state index in [4.69, 9.17) is 4.74 Å². The number of benzene rings is 1. The molecule has 1 unspecified atom stereocenters. The topological polar surface area (TPSA) is 48.3 Å². The summed E-state index contributed by atoms with van der Waals surface area (Å²) in [5.41, 5.74) is 0.327. The second kappa shape index (κ2) is 7.56. The molecule has 0 radical (unpaired) electrons. The molecule has 0 spiro atoms. The van der Waals surface area contributed by atoms with Crippen LogP contribution in [0.3, 0.4) is 0 Å². The molecule has 1 aromatic carbocycles. The molecule has 1 aliphatic carbocycles. The predicted molar refractivity (Wildman–Crippen MR) is 83.8 cm³/mol. The fraction of sp³-hybridized carbons (Fsp3) is 0.588. The minimum Gasteiger partial charge on any atom is -0.380 e. The van der Waals surface area contributed by atoms with Crippen LogP contribution in [-0.4, -0.2) is 45.3 Å². The van der Waals surface area contributed by atoms with Crippen molar-refractivity contribution in [1.82, 2.24) is 10.2 Å². The zero-order valence-electron chi connectivity index (χ0n) is 13.0. The molecule has 2 rings (SSSR count). The first-order valence-electron chi connectivity index (χ1n) is 7.62. The highest BCUT2D eigenvalue weighted by molar-refractivity contribution is 5.31. The molecule has 1 aromatic rings. The monoisotopic (exact) mass is 287 g/mol. The molecule has 0 aliphatic heterocycles. The van der Waals surface area contributed by atoms with Crippen LogP contribution in [0.1, 0.15) is 18.4 Å². The maximum Gasteiger partial charge on any atom is 0.144 e. The van der Waals surface area contributed by atoms with E-state index in [2.05, 4.69) is 16.3 Å². The molecule has 0 saturated heterocycles. The molecule has 21 heavy (non-hydrogen) atoms. The lowest BCUT2D eigenvalue weighted by Crippen LogP contribution is -2.48. The average Bonchev–Trinajstić information content (AvgIpc) is 3.34. The van der Waals surface area contributed by atoms with Gasteiger partial charge in [0.25, 0.3) is 0 Å². The molecule has 0 amide bonds. The predicted octanol–water partition coefficient (Wildman–Crippen LogP) is 1.98. The number of nitrogens with zero attached hydrogens (tertiary/aromatic N) is 2. The quantitative estimate of drug-likeness (QED) is 0.706. The third-order valence-electron chi connectivity index (χ3n) is 4.06. The van der Waals surface area contributed by atoms with Gasteiger partial charge in [-0.1, -0.05) is 30.3 Å². The van der Waals surface area contributed by atoms with E-state index in [1.165, 1.54) is 12.8 Å². The number of nitriles is 1. The first-order valence-corrected chi connectivity index (χ1v) is 7.62. The van der Waals surface area contributed by atoms with Gasteiger partial charge in [0.15, 0.2) is 0 Å². The van der Waals surface area contributed by atoms with E-state index in [-0.39, 0.29) is 0 Å². The smallest absolute Gasteiger partial charge is 0.144 e. The van der Waals surface area contributed by atoms with Crippen LogP contribution >= 0.6 is 0 Å². The van der Waals surface area contributed by atoms with E-state index < -0.39 is 5.54 Å². The summed E-state index contributed by atoms with van der Waals surface area (Å²) in [5.74, 6) is 0.801. The first-order chi connectivity index (χ1) is 10.2. The number of rotatable bonds is 9. The van der Waals surface area contributed by atoms with Gasteiger partial charge in [0.05, 0.1) is 12.7 Å². The average molecular weight is 287 g/mol. The van der Waals surface area contributed by atoms with Gasteiger partial charge in [-0.2, -0.15) is 5.26 Å². The van der Waals surface area contributed by atoms with Gasteiger partial charge in [-0.15, -0.1) is 0 Å². The Morgan fingerprint density at radius 1 is 1.38 bits per heavy atom. The number of likely N-dealkylation sites (N-methyl/N-ethyl adjacent to an activating group) is 2. The Balaban J connectivity index is 1.87. The van der Waals surface area contributed by atoms with E-state index in [1.807, 2.05) is 44.4 Å². The minimum absolute atomic E-state index is 0.636. The standard InChI is InChI=1S/C17H25N3O/c1-19-17(13-18,16-6-4-3-5-7-16)14-20(2)10-11-21-12-15-8-9-15/h3-7,15,19H,8-12,14H2,1-2H3. The van der Waals surface area contributed by atoms with Crippen molar-refractivity contribution in [2.45, 2.75) is 18.4 Å². The van der Waals surface area contributed by atoms with Crippen LogP contribution in [0.25, 0.3) is 0 Å². The second-order valence-electron chi connectivity index (χ2n) is 5.89. The summed E-state index contributed by atoms with van der Waals surface area (Å²) in [7, 11) is 3.88. The molecule has 1 fully saturated rings. The van der Waals surface area contributed by atoms with Crippen LogP contribution in [0.2, 0.25) is 0 Å². The van der Waals surface area contributed by atoms with Crippen LogP contribution in [0.5, 0.6) is 0 Å². The van der Waals surface area contributed by atoms with Crippen molar-refractivity contribution >= 4 is 0 Å². The molecule has 114 valence electrons. The first kappa shape index (κ1) is 16.0. The molecule has 4 nitrogen and oxygen atoms in total. The summed E-state index contributed by atoms with van der Waals surface area (Å²) in [6.07, 6.45) is 2.64. The van der Waals surface area contributed by atoms with E-state index in [9.17, 15) is 5.26 Å². The Morgan fingerprint density at radius 3 is 2.67 bits per heavy atom. The van der Waals surface area contributed by atoms with Crippen molar-refractivity contribution in [3.8, 4) is 6.07 Å². The Kier molecular flexibility index (Phi) is 5.75.